The molecule has 0 aliphatic carbocycles. The van der Waals surface area contributed by atoms with Crippen LogP contribution in [0.15, 0.2) is 24.4 Å². The molecule has 2 rings (SSSR count). The predicted octanol–water partition coefficient (Wildman–Crippen LogP) is 5.87. The summed E-state index contributed by atoms with van der Waals surface area (Å²) >= 11 is 0. The van der Waals surface area contributed by atoms with Gasteiger partial charge in [-0.25, -0.2) is 0 Å². The highest BCUT2D eigenvalue weighted by Crippen LogP contribution is 2.21. The molecule has 0 radical (unpaired) electrons. The molecule has 5 nitrogen and oxygen atoms in total. The van der Waals surface area contributed by atoms with E-state index in [1.807, 2.05) is 4.68 Å². The van der Waals surface area contributed by atoms with Crippen LogP contribution in [0.25, 0.3) is 10.9 Å². The van der Waals surface area contributed by atoms with Crippen LogP contribution in [-0.2, 0) is 6.54 Å². The van der Waals surface area contributed by atoms with Gasteiger partial charge in [-0.15, -0.1) is 0 Å². The van der Waals surface area contributed by atoms with E-state index in [0.717, 1.165) is 23.9 Å². The maximum Gasteiger partial charge on any atom is 0.271 e. The molecule has 0 bridgehead atoms. The minimum atomic E-state index is -0.350. The van der Waals surface area contributed by atoms with Crippen LogP contribution in [0.4, 0.5) is 5.69 Å². The van der Waals surface area contributed by atoms with Crippen LogP contribution < -0.4 is 0 Å². The lowest BCUT2D eigenvalue weighted by Crippen LogP contribution is -2.00. The lowest BCUT2D eigenvalue weighted by Gasteiger charge is -2.04. The molecular weight excluding hydrogens is 302 g/mol. The first kappa shape index (κ1) is 18.4. The van der Waals surface area contributed by atoms with Gasteiger partial charge in [0.2, 0.25) is 0 Å². The predicted molar refractivity (Wildman–Crippen MR) is 98.2 cm³/mol. The molecule has 0 aliphatic rings. The molecule has 0 atom stereocenters. The van der Waals surface area contributed by atoms with Crippen molar-refractivity contribution in [3.63, 3.8) is 0 Å². The Morgan fingerprint density at radius 2 is 1.62 bits per heavy atom. The number of nitro groups is 1. The molecular formula is C19H29N3O2. The number of non-ortho nitro benzene ring substituents is 1. The van der Waals surface area contributed by atoms with E-state index in [-0.39, 0.29) is 10.6 Å². The second-order valence-electron chi connectivity index (χ2n) is 6.55. The first-order chi connectivity index (χ1) is 11.7. The van der Waals surface area contributed by atoms with E-state index in [1.54, 1.807) is 18.3 Å². The Bertz CT molecular complexity index is 637. The van der Waals surface area contributed by atoms with Crippen molar-refractivity contribution in [3.8, 4) is 0 Å². The summed E-state index contributed by atoms with van der Waals surface area (Å²) in [4.78, 5) is 10.5. The van der Waals surface area contributed by atoms with Crippen LogP contribution in [0.5, 0.6) is 0 Å². The average Bonchev–Trinajstić information content (AvgIpc) is 2.99. The Balaban J connectivity index is 1.67. The van der Waals surface area contributed by atoms with Gasteiger partial charge in [-0.05, 0) is 12.5 Å². The number of unbranched alkanes of at least 4 members (excludes halogenated alkanes) is 9. The van der Waals surface area contributed by atoms with Crippen LogP contribution in [0.3, 0.4) is 0 Å². The second kappa shape index (κ2) is 10.1. The minimum absolute atomic E-state index is 0.132. The van der Waals surface area contributed by atoms with E-state index < -0.39 is 0 Å². The molecule has 2 aromatic rings. The smallest absolute Gasteiger partial charge is 0.265 e. The zero-order chi connectivity index (χ0) is 17.2. The number of aryl methyl sites for hydroxylation is 1. The van der Waals surface area contributed by atoms with E-state index in [1.165, 1.54) is 63.9 Å². The summed E-state index contributed by atoms with van der Waals surface area (Å²) in [5.41, 5.74) is 0.993. The number of nitro benzene ring substituents is 1. The number of fused-ring (bicyclic) bond motifs is 1. The number of nitrogens with zero attached hydrogens (tertiary/aromatic N) is 3. The van der Waals surface area contributed by atoms with E-state index >= 15 is 0 Å². The normalized spacial score (nSPS) is 11.2. The molecule has 1 aromatic heterocycles. The third-order valence-electron chi connectivity index (χ3n) is 4.56. The summed E-state index contributed by atoms with van der Waals surface area (Å²) in [6, 6.07) is 4.93. The molecule has 24 heavy (non-hydrogen) atoms. The highest BCUT2D eigenvalue weighted by molar-refractivity contribution is 5.80. The molecule has 132 valence electrons. The molecule has 0 unspecified atom stereocenters. The number of benzene rings is 1. The van der Waals surface area contributed by atoms with Gasteiger partial charge in [0.1, 0.15) is 0 Å². The van der Waals surface area contributed by atoms with Gasteiger partial charge in [0.25, 0.3) is 5.69 Å². The molecule has 0 aliphatic heterocycles. The third-order valence-corrected chi connectivity index (χ3v) is 4.56. The lowest BCUT2D eigenvalue weighted by atomic mass is 10.1. The molecule has 1 heterocycles. The summed E-state index contributed by atoms with van der Waals surface area (Å²) in [7, 11) is 0. The maximum atomic E-state index is 10.9. The van der Waals surface area contributed by atoms with Gasteiger partial charge in [0, 0.05) is 24.1 Å². The first-order valence-corrected chi connectivity index (χ1v) is 9.32. The van der Waals surface area contributed by atoms with Gasteiger partial charge in [-0.1, -0.05) is 64.7 Å². The molecule has 0 N–H and O–H groups in total. The van der Waals surface area contributed by atoms with E-state index in [4.69, 9.17) is 0 Å². The summed E-state index contributed by atoms with van der Waals surface area (Å²) in [5, 5.41) is 16.2. The largest absolute Gasteiger partial charge is 0.271 e. The van der Waals surface area contributed by atoms with Gasteiger partial charge >= 0.3 is 0 Å². The lowest BCUT2D eigenvalue weighted by molar-refractivity contribution is -0.384. The summed E-state index contributed by atoms with van der Waals surface area (Å²) in [6.45, 7) is 3.09. The molecule has 0 fully saturated rings. The van der Waals surface area contributed by atoms with Crippen LogP contribution in [-0.4, -0.2) is 14.7 Å². The van der Waals surface area contributed by atoms with Crippen molar-refractivity contribution in [2.75, 3.05) is 0 Å². The second-order valence-corrected chi connectivity index (χ2v) is 6.55. The average molecular weight is 331 g/mol. The van der Waals surface area contributed by atoms with Crippen LogP contribution in [0.2, 0.25) is 0 Å². The van der Waals surface area contributed by atoms with Crippen LogP contribution in [0.1, 0.15) is 71.1 Å². The van der Waals surface area contributed by atoms with Crippen molar-refractivity contribution in [1.29, 1.82) is 0 Å². The van der Waals surface area contributed by atoms with Crippen molar-refractivity contribution >= 4 is 16.6 Å². The fourth-order valence-corrected chi connectivity index (χ4v) is 3.10. The number of aromatic nitrogens is 2. The summed E-state index contributed by atoms with van der Waals surface area (Å²) in [6.07, 6.45) is 14.8. The van der Waals surface area contributed by atoms with Crippen molar-refractivity contribution in [2.45, 2.75) is 77.7 Å². The maximum absolute atomic E-state index is 10.9. The molecule has 0 saturated heterocycles. The fourth-order valence-electron chi connectivity index (χ4n) is 3.10. The van der Waals surface area contributed by atoms with Crippen LogP contribution >= 0.6 is 0 Å². The monoisotopic (exact) mass is 331 g/mol. The third kappa shape index (κ3) is 5.62. The zero-order valence-electron chi connectivity index (χ0n) is 14.7. The standard InChI is InChI=1S/C19H29N3O2/c1-2-3-4-5-6-7-8-9-10-11-14-21-19-15-18(22(23)24)13-12-17(19)16-20-21/h12-13,15-16H,2-11,14H2,1H3. The summed E-state index contributed by atoms with van der Waals surface area (Å²) in [5.74, 6) is 0. The molecule has 0 saturated carbocycles. The van der Waals surface area contributed by atoms with Gasteiger partial charge < -0.3 is 0 Å². The van der Waals surface area contributed by atoms with E-state index in [0.29, 0.717) is 0 Å². The van der Waals surface area contributed by atoms with Gasteiger partial charge in [-0.2, -0.15) is 5.10 Å². The number of rotatable bonds is 12. The Morgan fingerprint density at radius 1 is 1.00 bits per heavy atom. The van der Waals surface area contributed by atoms with Crippen molar-refractivity contribution in [2.24, 2.45) is 0 Å². The SMILES string of the molecule is CCCCCCCCCCCCn1ncc2ccc([N+](=O)[O-])cc21. The van der Waals surface area contributed by atoms with E-state index in [9.17, 15) is 10.1 Å². The Labute approximate surface area is 144 Å². The van der Waals surface area contributed by atoms with Crippen molar-refractivity contribution in [1.82, 2.24) is 9.78 Å². The summed E-state index contributed by atoms with van der Waals surface area (Å²) < 4.78 is 1.90. The topological polar surface area (TPSA) is 61.0 Å². The fraction of sp³-hybridized carbons (Fsp3) is 0.632. The molecule has 1 aromatic carbocycles. The number of hydrogen-bond acceptors (Lipinski definition) is 3. The Morgan fingerprint density at radius 3 is 2.25 bits per heavy atom. The Kier molecular flexibility index (Phi) is 7.72. The van der Waals surface area contributed by atoms with E-state index in [2.05, 4.69) is 12.0 Å². The first-order valence-electron chi connectivity index (χ1n) is 9.32. The highest BCUT2D eigenvalue weighted by Gasteiger charge is 2.09. The molecule has 5 heteroatoms. The highest BCUT2D eigenvalue weighted by atomic mass is 16.6. The van der Waals surface area contributed by atoms with Crippen molar-refractivity contribution < 1.29 is 4.92 Å². The molecule has 0 spiro atoms. The zero-order valence-corrected chi connectivity index (χ0v) is 14.7. The van der Waals surface area contributed by atoms with Gasteiger partial charge in [0.15, 0.2) is 0 Å². The van der Waals surface area contributed by atoms with Gasteiger partial charge in [0.05, 0.1) is 16.6 Å². The van der Waals surface area contributed by atoms with Gasteiger partial charge in [-0.3, -0.25) is 14.8 Å². The Hall–Kier alpha value is -1.91. The minimum Gasteiger partial charge on any atom is -0.265 e. The quantitative estimate of drug-likeness (QED) is 0.278. The number of hydrogen-bond donors (Lipinski definition) is 0. The van der Waals surface area contributed by atoms with Crippen molar-refractivity contribution in [3.05, 3.63) is 34.5 Å². The molecule has 0 amide bonds. The van der Waals surface area contributed by atoms with Crippen LogP contribution in [0, 0.1) is 10.1 Å².